The van der Waals surface area contributed by atoms with E-state index in [1.807, 2.05) is 23.5 Å². The predicted octanol–water partition coefficient (Wildman–Crippen LogP) is 9.07. The van der Waals surface area contributed by atoms with Crippen molar-refractivity contribution in [3.8, 4) is 16.8 Å². The summed E-state index contributed by atoms with van der Waals surface area (Å²) < 4.78 is 2.41. The number of benzene rings is 5. The topological polar surface area (TPSA) is 4.93 Å². The molecule has 0 N–H and O–H groups in total. The van der Waals surface area contributed by atoms with Crippen molar-refractivity contribution in [2.45, 2.75) is 19.6 Å². The summed E-state index contributed by atoms with van der Waals surface area (Å²) in [5.41, 5.74) is 6.18. The third kappa shape index (κ3) is 3.04. The van der Waals surface area contributed by atoms with E-state index in [0.29, 0.717) is 0 Å². The summed E-state index contributed by atoms with van der Waals surface area (Å²) in [6.45, 7) is 0. The van der Waals surface area contributed by atoms with Crippen molar-refractivity contribution in [1.82, 2.24) is 4.57 Å². The van der Waals surface area contributed by atoms with Gasteiger partial charge in [-0.05, 0) is 53.6 Å². The third-order valence-electron chi connectivity index (χ3n) is 6.27. The molecule has 0 aliphatic carbocycles. The molecule has 156 valence electrons. The second-order valence-corrected chi connectivity index (χ2v) is 10.3. The summed E-state index contributed by atoms with van der Waals surface area (Å²) in [6.07, 6.45) is 0. The molecule has 0 bridgehead atoms. The number of para-hydroxylation sites is 1. The summed E-state index contributed by atoms with van der Waals surface area (Å²) >= 11 is 3.78. The minimum atomic E-state index is 1.19. The minimum absolute atomic E-state index is 1.19. The lowest BCUT2D eigenvalue weighted by atomic mass is 10.1. The summed E-state index contributed by atoms with van der Waals surface area (Å²) in [6, 6.07) is 41.6. The van der Waals surface area contributed by atoms with Crippen molar-refractivity contribution < 1.29 is 0 Å². The Morgan fingerprint density at radius 3 is 1.94 bits per heavy atom. The molecule has 1 aliphatic rings. The van der Waals surface area contributed by atoms with Crippen LogP contribution >= 0.6 is 23.5 Å². The average molecular weight is 458 g/mol. The fraction of sp³-hybridized carbons (Fsp3) is 0. The molecule has 0 fully saturated rings. The Kier molecular flexibility index (Phi) is 4.39. The van der Waals surface area contributed by atoms with Crippen molar-refractivity contribution >= 4 is 45.3 Å². The molecule has 0 amide bonds. The Hall–Kier alpha value is -3.40. The van der Waals surface area contributed by atoms with Crippen LogP contribution in [0.2, 0.25) is 0 Å². The molecule has 0 unspecified atom stereocenters. The van der Waals surface area contributed by atoms with E-state index in [9.17, 15) is 0 Å². The number of aromatic nitrogens is 1. The number of hydrogen-bond donors (Lipinski definition) is 0. The highest BCUT2D eigenvalue weighted by Gasteiger charge is 2.23. The van der Waals surface area contributed by atoms with E-state index < -0.39 is 0 Å². The molecule has 0 atom stereocenters. The van der Waals surface area contributed by atoms with Crippen LogP contribution in [0.15, 0.2) is 135 Å². The maximum atomic E-state index is 2.41. The van der Waals surface area contributed by atoms with Crippen LogP contribution in [0.1, 0.15) is 0 Å². The van der Waals surface area contributed by atoms with Gasteiger partial charge in [0.2, 0.25) is 0 Å². The second kappa shape index (κ2) is 7.58. The Balaban J connectivity index is 1.45. The zero-order valence-corrected chi connectivity index (χ0v) is 19.4. The van der Waals surface area contributed by atoms with Crippen molar-refractivity contribution in [3.05, 3.63) is 115 Å². The molecule has 2 heterocycles. The van der Waals surface area contributed by atoms with E-state index in [1.165, 1.54) is 58.2 Å². The van der Waals surface area contributed by atoms with Gasteiger partial charge in [-0.1, -0.05) is 96.3 Å². The highest BCUT2D eigenvalue weighted by atomic mass is 32.2. The molecule has 1 nitrogen and oxygen atoms in total. The zero-order chi connectivity index (χ0) is 21.8. The maximum Gasteiger partial charge on any atom is 0.0553 e. The number of rotatable bonds is 2. The molecule has 0 radical (unpaired) electrons. The first-order valence-electron chi connectivity index (χ1n) is 11.0. The van der Waals surface area contributed by atoms with Gasteiger partial charge in [0.25, 0.3) is 0 Å². The fourth-order valence-electron chi connectivity index (χ4n) is 4.75. The van der Waals surface area contributed by atoms with E-state index in [2.05, 4.69) is 120 Å². The third-order valence-corrected chi connectivity index (χ3v) is 8.87. The van der Waals surface area contributed by atoms with Gasteiger partial charge in [0, 0.05) is 36.0 Å². The SMILES string of the molecule is c1ccc(-c2ccc(-n3c4ccccc4c4c5c(ccc43)Sc3ccccc3S5)cc2)cc1. The quantitative estimate of drug-likeness (QED) is 0.255. The van der Waals surface area contributed by atoms with Gasteiger partial charge in [0.15, 0.2) is 0 Å². The summed E-state index contributed by atoms with van der Waals surface area (Å²) in [5.74, 6) is 0. The van der Waals surface area contributed by atoms with Crippen LogP contribution in [0.25, 0.3) is 38.6 Å². The maximum absolute atomic E-state index is 2.41. The van der Waals surface area contributed by atoms with E-state index in [1.54, 1.807) is 0 Å². The van der Waals surface area contributed by atoms with Crippen LogP contribution < -0.4 is 0 Å². The van der Waals surface area contributed by atoms with E-state index >= 15 is 0 Å². The first-order valence-corrected chi connectivity index (χ1v) is 12.7. The van der Waals surface area contributed by atoms with Crippen molar-refractivity contribution in [2.24, 2.45) is 0 Å². The normalized spacial score (nSPS) is 12.6. The molecule has 3 heteroatoms. The van der Waals surface area contributed by atoms with Crippen molar-refractivity contribution in [1.29, 1.82) is 0 Å². The molecule has 7 rings (SSSR count). The van der Waals surface area contributed by atoms with Gasteiger partial charge < -0.3 is 4.57 Å². The summed E-state index contributed by atoms with van der Waals surface area (Å²) in [7, 11) is 0. The Labute approximate surface area is 201 Å². The van der Waals surface area contributed by atoms with Crippen LogP contribution in [-0.2, 0) is 0 Å². The van der Waals surface area contributed by atoms with E-state index in [4.69, 9.17) is 0 Å². The first-order chi connectivity index (χ1) is 16.4. The van der Waals surface area contributed by atoms with Gasteiger partial charge in [-0.2, -0.15) is 0 Å². The standard InChI is InChI=1S/C30H19NS2/c1-2-8-20(9-3-1)21-14-16-22(17-15-21)31-24-11-5-4-10-23(24)29-25(31)18-19-28-30(29)33-27-13-7-6-12-26(27)32-28/h1-19H. The molecule has 33 heavy (non-hydrogen) atoms. The number of fused-ring (bicyclic) bond motifs is 6. The fourth-order valence-corrected chi connectivity index (χ4v) is 7.15. The first kappa shape index (κ1) is 19.1. The number of nitrogens with zero attached hydrogens (tertiary/aromatic N) is 1. The lowest BCUT2D eigenvalue weighted by molar-refractivity contribution is 1.15. The van der Waals surface area contributed by atoms with Gasteiger partial charge >= 0.3 is 0 Å². The minimum Gasteiger partial charge on any atom is -0.309 e. The Morgan fingerprint density at radius 2 is 1.12 bits per heavy atom. The summed E-state index contributed by atoms with van der Waals surface area (Å²) in [4.78, 5) is 5.39. The van der Waals surface area contributed by atoms with Crippen LogP contribution in [0.5, 0.6) is 0 Å². The molecule has 0 saturated carbocycles. The Bertz CT molecular complexity index is 1650. The second-order valence-electron chi connectivity index (χ2n) is 8.20. The monoisotopic (exact) mass is 457 g/mol. The number of hydrogen-bond acceptors (Lipinski definition) is 2. The van der Waals surface area contributed by atoms with Gasteiger partial charge in [-0.3, -0.25) is 0 Å². The largest absolute Gasteiger partial charge is 0.309 e. The van der Waals surface area contributed by atoms with Crippen LogP contribution in [-0.4, -0.2) is 4.57 Å². The predicted molar refractivity (Wildman–Crippen MR) is 141 cm³/mol. The van der Waals surface area contributed by atoms with Crippen molar-refractivity contribution in [3.63, 3.8) is 0 Å². The van der Waals surface area contributed by atoms with E-state index in [0.717, 1.165) is 0 Å². The average Bonchev–Trinajstić information content (AvgIpc) is 3.23. The Morgan fingerprint density at radius 1 is 0.455 bits per heavy atom. The van der Waals surface area contributed by atoms with Crippen LogP contribution in [0.3, 0.4) is 0 Å². The summed E-state index contributed by atoms with van der Waals surface area (Å²) in [5, 5.41) is 2.66. The highest BCUT2D eigenvalue weighted by Crippen LogP contribution is 2.52. The smallest absolute Gasteiger partial charge is 0.0553 e. The van der Waals surface area contributed by atoms with Gasteiger partial charge in [-0.15, -0.1) is 0 Å². The molecular weight excluding hydrogens is 438 g/mol. The molecule has 1 aromatic heterocycles. The molecule has 0 saturated heterocycles. The zero-order valence-electron chi connectivity index (χ0n) is 17.7. The lowest BCUT2D eigenvalue weighted by Crippen LogP contribution is -1.95. The van der Waals surface area contributed by atoms with Crippen molar-refractivity contribution in [2.75, 3.05) is 0 Å². The van der Waals surface area contributed by atoms with Gasteiger partial charge in [-0.25, -0.2) is 0 Å². The highest BCUT2D eigenvalue weighted by molar-refractivity contribution is 8.05. The van der Waals surface area contributed by atoms with Gasteiger partial charge in [0.1, 0.15) is 0 Å². The molecule has 0 spiro atoms. The molecular formula is C30H19NS2. The molecule has 6 aromatic rings. The lowest BCUT2D eigenvalue weighted by Gasteiger charge is -2.19. The van der Waals surface area contributed by atoms with Crippen LogP contribution in [0, 0.1) is 0 Å². The van der Waals surface area contributed by atoms with E-state index in [-0.39, 0.29) is 0 Å². The van der Waals surface area contributed by atoms with Crippen LogP contribution in [0.4, 0.5) is 0 Å². The van der Waals surface area contributed by atoms with Gasteiger partial charge in [0.05, 0.1) is 11.0 Å². The molecule has 1 aliphatic heterocycles. The molecule has 5 aromatic carbocycles.